The maximum absolute atomic E-state index is 12.6. The van der Waals surface area contributed by atoms with Crippen LogP contribution in [0.3, 0.4) is 0 Å². The molecular formula is C25H21N5OS. The molecule has 5 rings (SSSR count). The second-order valence-corrected chi connectivity index (χ2v) is 8.54. The zero-order valence-corrected chi connectivity index (χ0v) is 18.6. The lowest BCUT2D eigenvalue weighted by atomic mass is 10.2. The van der Waals surface area contributed by atoms with Crippen LogP contribution in [-0.2, 0) is 5.75 Å². The van der Waals surface area contributed by atoms with E-state index in [4.69, 9.17) is 4.98 Å². The fourth-order valence-corrected chi connectivity index (χ4v) is 4.43. The van der Waals surface area contributed by atoms with Gasteiger partial charge >= 0.3 is 0 Å². The highest BCUT2D eigenvalue weighted by Gasteiger charge is 2.17. The van der Waals surface area contributed by atoms with Crippen LogP contribution in [0.25, 0.3) is 22.7 Å². The number of nitrogens with zero attached hydrogens (tertiary/aromatic N) is 5. The molecule has 158 valence electrons. The average Bonchev–Trinajstić information content (AvgIpc) is 3.23. The molecule has 0 N–H and O–H groups in total. The summed E-state index contributed by atoms with van der Waals surface area (Å²) in [7, 11) is 0. The summed E-state index contributed by atoms with van der Waals surface area (Å²) >= 11 is 1.52. The van der Waals surface area contributed by atoms with Gasteiger partial charge in [0.05, 0.1) is 5.69 Å². The monoisotopic (exact) mass is 439 g/mol. The minimum Gasteiger partial charge on any atom is -0.270 e. The molecule has 2 aromatic carbocycles. The lowest BCUT2D eigenvalue weighted by Crippen LogP contribution is -2.15. The second-order valence-electron chi connectivity index (χ2n) is 7.60. The van der Waals surface area contributed by atoms with E-state index in [2.05, 4.69) is 46.0 Å². The van der Waals surface area contributed by atoms with Crippen LogP contribution in [0.5, 0.6) is 0 Å². The molecular weight excluding hydrogens is 418 g/mol. The lowest BCUT2D eigenvalue weighted by Gasteiger charge is -2.11. The summed E-state index contributed by atoms with van der Waals surface area (Å²) < 4.78 is 3.63. The zero-order valence-electron chi connectivity index (χ0n) is 17.8. The molecule has 0 saturated carbocycles. The van der Waals surface area contributed by atoms with Crippen molar-refractivity contribution in [3.8, 4) is 17.1 Å². The summed E-state index contributed by atoms with van der Waals surface area (Å²) in [6.45, 7) is 4.02. The van der Waals surface area contributed by atoms with Crippen LogP contribution in [-0.4, -0.2) is 24.1 Å². The number of aromatic nitrogens is 5. The summed E-state index contributed by atoms with van der Waals surface area (Å²) in [6, 6.07) is 23.7. The highest BCUT2D eigenvalue weighted by Crippen LogP contribution is 2.29. The summed E-state index contributed by atoms with van der Waals surface area (Å²) in [5.41, 5.74) is 5.45. The first-order valence-electron chi connectivity index (χ1n) is 10.3. The van der Waals surface area contributed by atoms with Crippen molar-refractivity contribution < 1.29 is 0 Å². The Kier molecular flexibility index (Phi) is 5.33. The Morgan fingerprint density at radius 2 is 1.69 bits per heavy atom. The Morgan fingerprint density at radius 3 is 2.47 bits per heavy atom. The van der Waals surface area contributed by atoms with E-state index in [1.807, 2.05) is 49.4 Å². The standard InChI is InChI=1S/C25H21N5OS/c1-17-10-12-21(13-11-17)30-24(19-8-4-3-5-9-19)27-28-25(30)32-16-20-15-22(31)29-14-6-7-18(2)23(29)26-20/h3-15H,16H2,1-2H3. The van der Waals surface area contributed by atoms with Gasteiger partial charge in [0.2, 0.25) is 0 Å². The summed E-state index contributed by atoms with van der Waals surface area (Å²) in [4.78, 5) is 17.3. The molecule has 0 amide bonds. The molecule has 0 aliphatic rings. The predicted octanol–water partition coefficient (Wildman–Crippen LogP) is 4.85. The van der Waals surface area contributed by atoms with Crippen LogP contribution >= 0.6 is 11.8 Å². The normalized spacial score (nSPS) is 11.2. The van der Waals surface area contributed by atoms with Crippen molar-refractivity contribution in [2.45, 2.75) is 24.8 Å². The zero-order chi connectivity index (χ0) is 22.1. The maximum Gasteiger partial charge on any atom is 0.258 e. The molecule has 0 radical (unpaired) electrons. The molecule has 0 saturated heterocycles. The maximum atomic E-state index is 12.6. The van der Waals surface area contributed by atoms with E-state index in [0.717, 1.165) is 27.8 Å². The van der Waals surface area contributed by atoms with E-state index in [-0.39, 0.29) is 5.56 Å². The van der Waals surface area contributed by atoms with E-state index >= 15 is 0 Å². The van der Waals surface area contributed by atoms with E-state index in [1.54, 1.807) is 16.7 Å². The highest BCUT2D eigenvalue weighted by atomic mass is 32.2. The third-order valence-electron chi connectivity index (χ3n) is 5.25. The minimum absolute atomic E-state index is 0.0840. The lowest BCUT2D eigenvalue weighted by molar-refractivity contribution is 0.884. The van der Waals surface area contributed by atoms with Crippen LogP contribution in [0.15, 0.2) is 88.9 Å². The molecule has 0 bridgehead atoms. The van der Waals surface area contributed by atoms with E-state index in [9.17, 15) is 4.79 Å². The molecule has 7 heteroatoms. The topological polar surface area (TPSA) is 65.1 Å². The van der Waals surface area contributed by atoms with Gasteiger partial charge in [0.1, 0.15) is 5.65 Å². The Balaban J connectivity index is 1.54. The number of thioether (sulfide) groups is 1. The van der Waals surface area contributed by atoms with Gasteiger partial charge in [-0.1, -0.05) is 65.9 Å². The minimum atomic E-state index is -0.0840. The number of hydrogen-bond donors (Lipinski definition) is 0. The van der Waals surface area contributed by atoms with Gasteiger partial charge < -0.3 is 0 Å². The van der Waals surface area contributed by atoms with Crippen LogP contribution in [0.2, 0.25) is 0 Å². The molecule has 0 spiro atoms. The van der Waals surface area contributed by atoms with Gasteiger partial charge in [-0.05, 0) is 37.6 Å². The Bertz CT molecular complexity index is 1460. The van der Waals surface area contributed by atoms with Crippen molar-refractivity contribution >= 4 is 17.4 Å². The van der Waals surface area contributed by atoms with Crippen LogP contribution in [0, 0.1) is 13.8 Å². The average molecular weight is 440 g/mol. The van der Waals surface area contributed by atoms with E-state index in [0.29, 0.717) is 17.1 Å². The fraction of sp³-hybridized carbons (Fsp3) is 0.120. The Labute approximate surface area is 189 Å². The van der Waals surface area contributed by atoms with Crippen molar-refractivity contribution in [2.75, 3.05) is 0 Å². The van der Waals surface area contributed by atoms with Crippen molar-refractivity contribution in [2.24, 2.45) is 0 Å². The van der Waals surface area contributed by atoms with Gasteiger partial charge in [-0.3, -0.25) is 13.8 Å². The first-order chi connectivity index (χ1) is 15.6. The second kappa shape index (κ2) is 8.43. The van der Waals surface area contributed by atoms with Gasteiger partial charge in [-0.2, -0.15) is 0 Å². The van der Waals surface area contributed by atoms with Crippen molar-refractivity contribution in [3.63, 3.8) is 0 Å². The van der Waals surface area contributed by atoms with Gasteiger partial charge in [-0.15, -0.1) is 10.2 Å². The first-order valence-corrected chi connectivity index (χ1v) is 11.3. The van der Waals surface area contributed by atoms with E-state index < -0.39 is 0 Å². The SMILES string of the molecule is Cc1ccc(-n2c(SCc3cc(=O)n4cccc(C)c4n3)nnc2-c2ccccc2)cc1. The molecule has 0 atom stereocenters. The molecule has 3 heterocycles. The number of rotatable bonds is 5. The number of fused-ring (bicyclic) bond motifs is 1. The number of pyridine rings is 1. The van der Waals surface area contributed by atoms with Gasteiger partial charge in [-0.25, -0.2) is 4.98 Å². The van der Waals surface area contributed by atoms with Gasteiger partial charge in [0.25, 0.3) is 5.56 Å². The van der Waals surface area contributed by atoms with Crippen molar-refractivity contribution in [1.29, 1.82) is 0 Å². The van der Waals surface area contributed by atoms with Crippen molar-refractivity contribution in [3.05, 3.63) is 106 Å². The first kappa shape index (κ1) is 20.2. The van der Waals surface area contributed by atoms with Crippen LogP contribution in [0.1, 0.15) is 16.8 Å². The molecule has 0 unspecified atom stereocenters. The molecule has 0 aliphatic heterocycles. The molecule has 6 nitrogen and oxygen atoms in total. The third-order valence-corrected chi connectivity index (χ3v) is 6.21. The smallest absolute Gasteiger partial charge is 0.258 e. The predicted molar refractivity (Wildman–Crippen MR) is 127 cm³/mol. The number of aryl methyl sites for hydroxylation is 2. The fourth-order valence-electron chi connectivity index (χ4n) is 3.59. The number of benzene rings is 2. The van der Waals surface area contributed by atoms with E-state index in [1.165, 1.54) is 17.3 Å². The van der Waals surface area contributed by atoms with Gasteiger partial charge in [0, 0.05) is 29.3 Å². The molecule has 32 heavy (non-hydrogen) atoms. The third kappa shape index (κ3) is 3.83. The van der Waals surface area contributed by atoms with Gasteiger partial charge in [0.15, 0.2) is 11.0 Å². The summed E-state index contributed by atoms with van der Waals surface area (Å²) in [6.07, 6.45) is 1.74. The molecule has 0 fully saturated rings. The highest BCUT2D eigenvalue weighted by molar-refractivity contribution is 7.98. The molecule has 0 aliphatic carbocycles. The largest absolute Gasteiger partial charge is 0.270 e. The molecule has 5 aromatic rings. The summed E-state index contributed by atoms with van der Waals surface area (Å²) in [5, 5.41) is 9.71. The van der Waals surface area contributed by atoms with Crippen molar-refractivity contribution in [1.82, 2.24) is 24.1 Å². The number of hydrogen-bond acceptors (Lipinski definition) is 5. The van der Waals surface area contributed by atoms with Crippen LogP contribution in [0.4, 0.5) is 0 Å². The Morgan fingerprint density at radius 1 is 0.906 bits per heavy atom. The summed E-state index contributed by atoms with van der Waals surface area (Å²) in [5.74, 6) is 1.29. The van der Waals surface area contributed by atoms with Crippen LogP contribution < -0.4 is 5.56 Å². The quantitative estimate of drug-likeness (QED) is 0.366. The Hall–Kier alpha value is -3.71. The molecule has 3 aromatic heterocycles.